The summed E-state index contributed by atoms with van der Waals surface area (Å²) >= 11 is 0. The van der Waals surface area contributed by atoms with E-state index in [0.717, 1.165) is 12.8 Å². The number of benzene rings is 1. The second kappa shape index (κ2) is 6.66. The van der Waals surface area contributed by atoms with Gasteiger partial charge < -0.3 is 9.64 Å². The lowest BCUT2D eigenvalue weighted by Crippen LogP contribution is -2.31. The monoisotopic (exact) mass is 326 g/mol. The first-order chi connectivity index (χ1) is 10.4. The molecule has 1 aliphatic rings. The Morgan fingerprint density at radius 2 is 1.95 bits per heavy atom. The quantitative estimate of drug-likeness (QED) is 0.826. The van der Waals surface area contributed by atoms with Gasteiger partial charge in [-0.2, -0.15) is 0 Å². The molecule has 1 aromatic carbocycles. The van der Waals surface area contributed by atoms with E-state index in [1.165, 1.54) is 19.2 Å². The van der Waals surface area contributed by atoms with Gasteiger partial charge in [0.15, 0.2) is 0 Å². The summed E-state index contributed by atoms with van der Waals surface area (Å²) in [6.45, 7) is 4.92. The number of nitrogens with one attached hydrogen (secondary N) is 1. The van der Waals surface area contributed by atoms with Crippen molar-refractivity contribution in [3.05, 3.63) is 23.8 Å². The number of sulfonamides is 1. The fraction of sp³-hybridized carbons (Fsp3) is 0.533. The third kappa shape index (κ3) is 3.59. The van der Waals surface area contributed by atoms with Crippen molar-refractivity contribution in [1.82, 2.24) is 9.62 Å². The first-order valence-electron chi connectivity index (χ1n) is 7.42. The molecule has 0 aromatic heterocycles. The zero-order chi connectivity index (χ0) is 16.3. The average molecular weight is 326 g/mol. The highest BCUT2D eigenvalue weighted by Gasteiger charge is 2.30. The van der Waals surface area contributed by atoms with Gasteiger partial charge in [0.05, 0.1) is 7.11 Å². The first kappa shape index (κ1) is 16.8. The SMILES string of the molecule is CCN(CC)C(=O)c1ccc(OC)c(S(=O)(=O)NC2CC2)c1. The van der Waals surface area contributed by atoms with E-state index >= 15 is 0 Å². The molecule has 1 aliphatic carbocycles. The minimum Gasteiger partial charge on any atom is -0.495 e. The molecular formula is C15H22N2O4S. The molecule has 2 rings (SSSR count). The molecule has 0 spiro atoms. The Morgan fingerprint density at radius 1 is 1.32 bits per heavy atom. The van der Waals surface area contributed by atoms with Gasteiger partial charge in [0, 0.05) is 24.7 Å². The van der Waals surface area contributed by atoms with Crippen LogP contribution in [0.1, 0.15) is 37.0 Å². The van der Waals surface area contributed by atoms with E-state index in [9.17, 15) is 13.2 Å². The number of carbonyl (C=O) groups is 1. The highest BCUT2D eigenvalue weighted by atomic mass is 32.2. The van der Waals surface area contributed by atoms with Crippen molar-refractivity contribution in [3.63, 3.8) is 0 Å². The Hall–Kier alpha value is -1.60. The summed E-state index contributed by atoms with van der Waals surface area (Å²) in [7, 11) is -2.27. The summed E-state index contributed by atoms with van der Waals surface area (Å²) in [6.07, 6.45) is 1.69. The Labute approximate surface area is 131 Å². The molecule has 122 valence electrons. The molecule has 1 saturated carbocycles. The predicted molar refractivity (Wildman–Crippen MR) is 83.6 cm³/mol. The molecule has 0 saturated heterocycles. The van der Waals surface area contributed by atoms with E-state index in [4.69, 9.17) is 4.74 Å². The zero-order valence-corrected chi connectivity index (χ0v) is 13.9. The highest BCUT2D eigenvalue weighted by Crippen LogP contribution is 2.28. The molecule has 0 unspecified atom stereocenters. The normalized spacial score (nSPS) is 14.7. The van der Waals surface area contributed by atoms with Crippen LogP contribution in [-0.4, -0.2) is 45.5 Å². The Kier molecular flexibility index (Phi) is 5.08. The van der Waals surface area contributed by atoms with E-state index in [2.05, 4.69) is 4.72 Å². The highest BCUT2D eigenvalue weighted by molar-refractivity contribution is 7.89. The van der Waals surface area contributed by atoms with Crippen molar-refractivity contribution in [2.45, 2.75) is 37.6 Å². The summed E-state index contributed by atoms with van der Waals surface area (Å²) in [5.41, 5.74) is 0.348. The lowest BCUT2D eigenvalue weighted by Gasteiger charge is -2.19. The molecule has 0 aliphatic heterocycles. The van der Waals surface area contributed by atoms with Crippen molar-refractivity contribution in [3.8, 4) is 5.75 Å². The molecule has 7 heteroatoms. The van der Waals surface area contributed by atoms with Crippen LogP contribution in [0.15, 0.2) is 23.1 Å². The van der Waals surface area contributed by atoms with E-state index in [1.54, 1.807) is 11.0 Å². The number of hydrogen-bond donors (Lipinski definition) is 1. The molecule has 1 aromatic rings. The van der Waals surface area contributed by atoms with Gasteiger partial charge in [0.1, 0.15) is 10.6 Å². The minimum atomic E-state index is -3.68. The van der Waals surface area contributed by atoms with E-state index in [-0.39, 0.29) is 22.6 Å². The van der Waals surface area contributed by atoms with Crippen LogP contribution in [0.25, 0.3) is 0 Å². The molecular weight excluding hydrogens is 304 g/mol. The molecule has 1 N–H and O–H groups in total. The van der Waals surface area contributed by atoms with Gasteiger partial charge in [-0.1, -0.05) is 0 Å². The fourth-order valence-electron chi connectivity index (χ4n) is 2.20. The number of rotatable bonds is 7. The average Bonchev–Trinajstić information content (AvgIpc) is 3.31. The minimum absolute atomic E-state index is 0.00292. The van der Waals surface area contributed by atoms with Gasteiger partial charge in [-0.3, -0.25) is 4.79 Å². The Morgan fingerprint density at radius 3 is 2.45 bits per heavy atom. The predicted octanol–water partition coefficient (Wildman–Crippen LogP) is 1.62. The molecule has 0 atom stereocenters. The van der Waals surface area contributed by atoms with Crippen LogP contribution in [0.5, 0.6) is 5.75 Å². The molecule has 1 fully saturated rings. The van der Waals surface area contributed by atoms with Crippen LogP contribution in [0.2, 0.25) is 0 Å². The number of hydrogen-bond acceptors (Lipinski definition) is 4. The van der Waals surface area contributed by atoms with Gasteiger partial charge in [0.2, 0.25) is 10.0 Å². The number of ether oxygens (including phenoxy) is 1. The molecule has 0 heterocycles. The fourth-order valence-corrected chi connectivity index (χ4v) is 3.70. The summed E-state index contributed by atoms with van der Waals surface area (Å²) in [5.74, 6) is 0.0553. The maximum absolute atomic E-state index is 12.4. The maximum Gasteiger partial charge on any atom is 0.253 e. The third-order valence-corrected chi connectivity index (χ3v) is 5.19. The lowest BCUT2D eigenvalue weighted by atomic mass is 10.2. The van der Waals surface area contributed by atoms with Gasteiger partial charge >= 0.3 is 0 Å². The van der Waals surface area contributed by atoms with E-state index in [0.29, 0.717) is 18.7 Å². The molecule has 22 heavy (non-hydrogen) atoms. The Balaban J connectivity index is 2.39. The van der Waals surface area contributed by atoms with Crippen LogP contribution in [0.3, 0.4) is 0 Å². The number of carbonyl (C=O) groups excluding carboxylic acids is 1. The van der Waals surface area contributed by atoms with Crippen molar-refractivity contribution >= 4 is 15.9 Å². The largest absolute Gasteiger partial charge is 0.495 e. The van der Waals surface area contributed by atoms with Crippen molar-refractivity contribution < 1.29 is 17.9 Å². The van der Waals surface area contributed by atoms with Crippen LogP contribution in [0.4, 0.5) is 0 Å². The molecule has 1 amide bonds. The smallest absolute Gasteiger partial charge is 0.253 e. The lowest BCUT2D eigenvalue weighted by molar-refractivity contribution is 0.0772. The molecule has 6 nitrogen and oxygen atoms in total. The second-order valence-corrected chi connectivity index (χ2v) is 6.92. The van der Waals surface area contributed by atoms with Gasteiger partial charge in [-0.05, 0) is 44.9 Å². The third-order valence-electron chi connectivity index (χ3n) is 3.65. The molecule has 0 radical (unpaired) electrons. The van der Waals surface area contributed by atoms with Crippen molar-refractivity contribution in [1.29, 1.82) is 0 Å². The summed E-state index contributed by atoms with van der Waals surface area (Å²) in [6, 6.07) is 4.51. The second-order valence-electron chi connectivity index (χ2n) is 5.24. The van der Waals surface area contributed by atoms with Crippen LogP contribution in [0, 0.1) is 0 Å². The maximum atomic E-state index is 12.4. The topological polar surface area (TPSA) is 75.7 Å². The zero-order valence-electron chi connectivity index (χ0n) is 13.1. The number of methoxy groups -OCH3 is 1. The van der Waals surface area contributed by atoms with Gasteiger partial charge in [-0.15, -0.1) is 0 Å². The summed E-state index contributed by atoms with van der Waals surface area (Å²) < 4.78 is 32.6. The van der Waals surface area contributed by atoms with E-state index in [1.807, 2.05) is 13.8 Å². The summed E-state index contributed by atoms with van der Waals surface area (Å²) in [5, 5.41) is 0. The summed E-state index contributed by atoms with van der Waals surface area (Å²) in [4.78, 5) is 14.0. The Bertz CT molecular complexity index is 650. The first-order valence-corrected chi connectivity index (χ1v) is 8.90. The standard InChI is InChI=1S/C15H22N2O4S/c1-4-17(5-2)15(18)11-6-9-13(21-3)14(10-11)22(19,20)16-12-7-8-12/h6,9-10,12,16H,4-5,7-8H2,1-3H3. The van der Waals surface area contributed by atoms with Crippen LogP contribution in [-0.2, 0) is 10.0 Å². The van der Waals surface area contributed by atoms with E-state index < -0.39 is 10.0 Å². The van der Waals surface area contributed by atoms with Crippen molar-refractivity contribution in [2.75, 3.05) is 20.2 Å². The number of nitrogens with zero attached hydrogens (tertiary/aromatic N) is 1. The van der Waals surface area contributed by atoms with Crippen molar-refractivity contribution in [2.24, 2.45) is 0 Å². The number of amides is 1. The van der Waals surface area contributed by atoms with Crippen LogP contribution >= 0.6 is 0 Å². The van der Waals surface area contributed by atoms with Crippen LogP contribution < -0.4 is 9.46 Å². The van der Waals surface area contributed by atoms with Gasteiger partial charge in [0.25, 0.3) is 5.91 Å². The van der Waals surface area contributed by atoms with Gasteiger partial charge in [-0.25, -0.2) is 13.1 Å². The molecule has 0 bridgehead atoms.